The standard InChI is InChI=1S/C20H18ClN5O3S/c1-29-19(28)12-6-16(30-9-12)17-13(18(22)27)8-24-20(26-17)25-15-5-10-2-3-23-7-11(10)4-14(15)21/h4-6,8-9,23H,2-3,7H2,1H3,(H2,22,27)(H,24,25,26). The molecule has 0 fully saturated rings. The van der Waals surface area contributed by atoms with Crippen molar-refractivity contribution in [1.82, 2.24) is 15.3 Å². The molecule has 0 saturated carbocycles. The highest BCUT2D eigenvalue weighted by molar-refractivity contribution is 7.13. The van der Waals surface area contributed by atoms with Gasteiger partial charge in [-0.05, 0) is 42.3 Å². The van der Waals surface area contributed by atoms with Gasteiger partial charge in [0, 0.05) is 18.1 Å². The van der Waals surface area contributed by atoms with Crippen LogP contribution >= 0.6 is 22.9 Å². The molecule has 0 unspecified atom stereocenters. The van der Waals surface area contributed by atoms with Gasteiger partial charge in [-0.15, -0.1) is 11.3 Å². The van der Waals surface area contributed by atoms with E-state index in [0.29, 0.717) is 26.8 Å². The number of halogens is 1. The van der Waals surface area contributed by atoms with Crippen LogP contribution < -0.4 is 16.4 Å². The number of methoxy groups -OCH3 is 1. The Kier molecular flexibility index (Phi) is 5.67. The van der Waals surface area contributed by atoms with Crippen LogP contribution in [0.4, 0.5) is 11.6 Å². The van der Waals surface area contributed by atoms with Crippen molar-refractivity contribution >= 4 is 46.4 Å². The second-order valence-corrected chi connectivity index (χ2v) is 7.98. The summed E-state index contributed by atoms with van der Waals surface area (Å²) in [4.78, 5) is 32.9. The summed E-state index contributed by atoms with van der Waals surface area (Å²) in [5.74, 6) is -0.872. The Morgan fingerprint density at radius 1 is 1.30 bits per heavy atom. The number of esters is 1. The molecule has 1 amide bonds. The van der Waals surface area contributed by atoms with E-state index < -0.39 is 11.9 Å². The van der Waals surface area contributed by atoms with Gasteiger partial charge >= 0.3 is 5.97 Å². The first kappa shape index (κ1) is 20.3. The summed E-state index contributed by atoms with van der Waals surface area (Å²) in [7, 11) is 1.31. The van der Waals surface area contributed by atoms with Crippen LogP contribution in [-0.2, 0) is 17.7 Å². The number of nitrogens with zero attached hydrogens (tertiary/aromatic N) is 2. The first-order chi connectivity index (χ1) is 14.5. The molecule has 30 heavy (non-hydrogen) atoms. The lowest BCUT2D eigenvalue weighted by Crippen LogP contribution is -2.23. The maximum Gasteiger partial charge on any atom is 0.338 e. The number of hydrogen-bond acceptors (Lipinski definition) is 8. The topological polar surface area (TPSA) is 119 Å². The Hall–Kier alpha value is -3.01. The predicted molar refractivity (Wildman–Crippen MR) is 115 cm³/mol. The SMILES string of the molecule is COC(=O)c1csc(-c2nc(Nc3cc4c(cc3Cl)CNCC4)ncc2C(N)=O)c1. The summed E-state index contributed by atoms with van der Waals surface area (Å²) in [6, 6.07) is 5.52. The minimum absolute atomic E-state index is 0.154. The maximum atomic E-state index is 11.9. The fourth-order valence-electron chi connectivity index (χ4n) is 3.21. The number of nitrogens with one attached hydrogen (secondary N) is 2. The van der Waals surface area contributed by atoms with Gasteiger partial charge in [-0.3, -0.25) is 4.79 Å². The number of fused-ring (bicyclic) bond motifs is 1. The third-order valence-electron chi connectivity index (χ3n) is 4.73. The molecule has 154 valence electrons. The van der Waals surface area contributed by atoms with E-state index in [1.807, 2.05) is 12.1 Å². The van der Waals surface area contributed by atoms with Crippen molar-refractivity contribution in [2.24, 2.45) is 5.73 Å². The Morgan fingerprint density at radius 3 is 2.90 bits per heavy atom. The first-order valence-corrected chi connectivity index (χ1v) is 10.3. The van der Waals surface area contributed by atoms with Crippen molar-refractivity contribution in [2.45, 2.75) is 13.0 Å². The number of hydrogen-bond donors (Lipinski definition) is 3. The smallest absolute Gasteiger partial charge is 0.338 e. The van der Waals surface area contributed by atoms with Crippen LogP contribution in [0.3, 0.4) is 0 Å². The molecule has 3 aromatic rings. The number of nitrogens with two attached hydrogens (primary N) is 1. The highest BCUT2D eigenvalue weighted by atomic mass is 35.5. The zero-order chi connectivity index (χ0) is 21.3. The average molecular weight is 444 g/mol. The third kappa shape index (κ3) is 4.00. The maximum absolute atomic E-state index is 11.9. The fraction of sp³-hybridized carbons (Fsp3) is 0.200. The van der Waals surface area contributed by atoms with Crippen LogP contribution in [0.15, 0.2) is 29.8 Å². The van der Waals surface area contributed by atoms with Crippen molar-refractivity contribution in [3.8, 4) is 10.6 Å². The lowest BCUT2D eigenvalue weighted by molar-refractivity contribution is 0.0601. The van der Waals surface area contributed by atoms with Crippen molar-refractivity contribution in [3.05, 3.63) is 57.1 Å². The van der Waals surface area contributed by atoms with Gasteiger partial charge in [0.25, 0.3) is 5.91 Å². The van der Waals surface area contributed by atoms with Crippen LogP contribution in [0.5, 0.6) is 0 Å². The van der Waals surface area contributed by atoms with Gasteiger partial charge in [0.15, 0.2) is 0 Å². The lowest BCUT2D eigenvalue weighted by atomic mass is 10.0. The van der Waals surface area contributed by atoms with E-state index in [9.17, 15) is 9.59 Å². The van der Waals surface area contributed by atoms with Gasteiger partial charge in [0.2, 0.25) is 5.95 Å². The third-order valence-corrected chi connectivity index (χ3v) is 5.98. The molecule has 1 aliphatic heterocycles. The molecule has 4 rings (SSSR count). The minimum atomic E-state index is -0.663. The van der Waals surface area contributed by atoms with E-state index in [-0.39, 0.29) is 11.5 Å². The quantitative estimate of drug-likeness (QED) is 0.518. The highest BCUT2D eigenvalue weighted by Gasteiger charge is 2.19. The van der Waals surface area contributed by atoms with Gasteiger partial charge in [0.1, 0.15) is 0 Å². The summed E-state index contributed by atoms with van der Waals surface area (Å²) < 4.78 is 4.74. The zero-order valence-corrected chi connectivity index (χ0v) is 17.6. The van der Waals surface area contributed by atoms with Gasteiger partial charge in [-0.25, -0.2) is 14.8 Å². The molecular weight excluding hydrogens is 426 g/mol. The van der Waals surface area contributed by atoms with Gasteiger partial charge in [-0.2, -0.15) is 0 Å². The number of thiophene rings is 1. The van der Waals surface area contributed by atoms with Crippen molar-refractivity contribution in [2.75, 3.05) is 19.0 Å². The number of rotatable bonds is 5. The summed E-state index contributed by atoms with van der Waals surface area (Å²) in [6.45, 7) is 1.69. The summed E-state index contributed by atoms with van der Waals surface area (Å²) >= 11 is 7.69. The number of primary amides is 1. The second kappa shape index (κ2) is 8.39. The number of carbonyl (C=O) groups excluding carboxylic acids is 2. The first-order valence-electron chi connectivity index (χ1n) is 9.09. The largest absolute Gasteiger partial charge is 0.465 e. The van der Waals surface area contributed by atoms with Crippen molar-refractivity contribution in [1.29, 1.82) is 0 Å². The van der Waals surface area contributed by atoms with E-state index in [2.05, 4.69) is 20.6 Å². The number of carbonyl (C=O) groups is 2. The van der Waals surface area contributed by atoms with E-state index in [1.54, 1.807) is 11.4 Å². The van der Waals surface area contributed by atoms with E-state index >= 15 is 0 Å². The van der Waals surface area contributed by atoms with E-state index in [0.717, 1.165) is 25.1 Å². The monoisotopic (exact) mass is 443 g/mol. The molecule has 10 heteroatoms. The molecule has 0 radical (unpaired) electrons. The molecular formula is C20H18ClN5O3S. The molecule has 0 bridgehead atoms. The molecule has 3 heterocycles. The molecule has 0 saturated heterocycles. The minimum Gasteiger partial charge on any atom is -0.465 e. The summed E-state index contributed by atoms with van der Waals surface area (Å²) in [5, 5.41) is 8.62. The molecule has 0 aliphatic carbocycles. The van der Waals surface area contributed by atoms with Crippen LogP contribution in [0.1, 0.15) is 31.8 Å². The molecule has 0 atom stereocenters. The Labute approximate surface area is 181 Å². The zero-order valence-electron chi connectivity index (χ0n) is 16.0. The van der Waals surface area contributed by atoms with Crippen molar-refractivity contribution < 1.29 is 14.3 Å². The van der Waals surface area contributed by atoms with Gasteiger partial charge in [-0.1, -0.05) is 11.6 Å². The molecule has 1 aromatic carbocycles. The Bertz CT molecular complexity index is 1150. The predicted octanol–water partition coefficient (Wildman–Crippen LogP) is 3.13. The molecule has 8 nitrogen and oxygen atoms in total. The number of ether oxygens (including phenoxy) is 1. The molecule has 4 N–H and O–H groups in total. The van der Waals surface area contributed by atoms with E-state index in [1.165, 1.54) is 30.2 Å². The van der Waals surface area contributed by atoms with Crippen molar-refractivity contribution in [3.63, 3.8) is 0 Å². The molecule has 2 aromatic heterocycles. The number of benzene rings is 1. The normalized spacial score (nSPS) is 12.9. The Morgan fingerprint density at radius 2 is 2.13 bits per heavy atom. The van der Waals surface area contributed by atoms with E-state index in [4.69, 9.17) is 22.1 Å². The highest BCUT2D eigenvalue weighted by Crippen LogP contribution is 2.32. The summed E-state index contributed by atoms with van der Waals surface area (Å²) in [6.07, 6.45) is 2.26. The number of anilines is 2. The van der Waals surface area contributed by atoms with Gasteiger partial charge in [0.05, 0.1) is 39.5 Å². The van der Waals surface area contributed by atoms with Gasteiger partial charge < -0.3 is 21.1 Å². The second-order valence-electron chi connectivity index (χ2n) is 6.66. The van der Waals surface area contributed by atoms with Crippen LogP contribution in [0.25, 0.3) is 10.6 Å². The molecule has 1 aliphatic rings. The van der Waals surface area contributed by atoms with Crippen LogP contribution in [0.2, 0.25) is 5.02 Å². The number of amides is 1. The lowest BCUT2D eigenvalue weighted by Gasteiger charge is -2.19. The van der Waals surface area contributed by atoms with Crippen LogP contribution in [-0.4, -0.2) is 35.5 Å². The Balaban J connectivity index is 1.70. The fourth-order valence-corrected chi connectivity index (χ4v) is 4.33. The number of aromatic nitrogens is 2. The van der Waals surface area contributed by atoms with Crippen LogP contribution in [0, 0.1) is 0 Å². The molecule has 0 spiro atoms. The summed E-state index contributed by atoms with van der Waals surface area (Å²) in [5.41, 5.74) is 9.39. The average Bonchev–Trinajstić information content (AvgIpc) is 3.23.